The van der Waals surface area contributed by atoms with Crippen LogP contribution in [0, 0.1) is 11.6 Å². The van der Waals surface area contributed by atoms with E-state index in [1.54, 1.807) is 38.6 Å². The van der Waals surface area contributed by atoms with Gasteiger partial charge in [0.1, 0.15) is 23.1 Å². The number of pyridine rings is 1. The molecular weight excluding hydrogens is 390 g/mol. The highest BCUT2D eigenvalue weighted by molar-refractivity contribution is 5.79. The molecule has 0 unspecified atom stereocenters. The van der Waals surface area contributed by atoms with Gasteiger partial charge in [-0.1, -0.05) is 6.07 Å². The summed E-state index contributed by atoms with van der Waals surface area (Å²) in [5.74, 6) is 1.36. The third kappa shape index (κ3) is 5.91. The van der Waals surface area contributed by atoms with Crippen LogP contribution in [0.2, 0.25) is 0 Å². The van der Waals surface area contributed by atoms with E-state index < -0.39 is 11.6 Å². The molecule has 1 aromatic heterocycles. The van der Waals surface area contributed by atoms with Crippen molar-refractivity contribution in [3.8, 4) is 17.4 Å². The summed E-state index contributed by atoms with van der Waals surface area (Å²) < 4.78 is 37.8. The van der Waals surface area contributed by atoms with Crippen LogP contribution in [0.1, 0.15) is 11.1 Å². The van der Waals surface area contributed by atoms with Gasteiger partial charge in [0.25, 0.3) is 0 Å². The Balaban J connectivity index is 1.51. The van der Waals surface area contributed by atoms with E-state index in [4.69, 9.17) is 9.47 Å². The van der Waals surface area contributed by atoms with E-state index in [-0.39, 0.29) is 12.1 Å². The van der Waals surface area contributed by atoms with Crippen molar-refractivity contribution in [3.05, 3.63) is 83.6 Å². The molecule has 0 bridgehead atoms. The van der Waals surface area contributed by atoms with Crippen LogP contribution in [0.5, 0.6) is 17.4 Å². The van der Waals surface area contributed by atoms with E-state index in [1.165, 1.54) is 0 Å². The molecule has 0 saturated carbocycles. The maximum absolute atomic E-state index is 13.7. The minimum absolute atomic E-state index is 0.107. The number of benzene rings is 2. The normalized spacial score (nSPS) is 11.1. The number of nitrogens with zero attached hydrogens (tertiary/aromatic N) is 2. The van der Waals surface area contributed by atoms with Gasteiger partial charge in [0, 0.05) is 38.0 Å². The molecule has 2 N–H and O–H groups in total. The van der Waals surface area contributed by atoms with Crippen LogP contribution in [0.25, 0.3) is 0 Å². The van der Waals surface area contributed by atoms with Crippen molar-refractivity contribution in [3.63, 3.8) is 0 Å². The molecule has 0 aliphatic heterocycles. The second kappa shape index (κ2) is 10.2. The first kappa shape index (κ1) is 21.0. The monoisotopic (exact) mass is 412 g/mol. The largest absolute Gasteiger partial charge is 0.497 e. The topological polar surface area (TPSA) is 67.8 Å². The second-order valence-corrected chi connectivity index (χ2v) is 6.30. The molecule has 3 aromatic rings. The van der Waals surface area contributed by atoms with Crippen LogP contribution >= 0.6 is 0 Å². The lowest BCUT2D eigenvalue weighted by Gasteiger charge is -2.13. The second-order valence-electron chi connectivity index (χ2n) is 6.30. The molecule has 0 amide bonds. The SMILES string of the molecule is CN=C(NCc1ccc(Oc2ccc(OC)cc2)nc1)NCc1cc(F)ccc1F. The fourth-order valence-corrected chi connectivity index (χ4v) is 2.60. The lowest BCUT2D eigenvalue weighted by atomic mass is 10.2. The number of hydrogen-bond donors (Lipinski definition) is 2. The van der Waals surface area contributed by atoms with Crippen molar-refractivity contribution in [1.82, 2.24) is 15.6 Å². The summed E-state index contributed by atoms with van der Waals surface area (Å²) in [7, 11) is 3.20. The third-order valence-electron chi connectivity index (χ3n) is 4.22. The van der Waals surface area contributed by atoms with Crippen LogP contribution < -0.4 is 20.1 Å². The fraction of sp³-hybridized carbons (Fsp3) is 0.182. The van der Waals surface area contributed by atoms with Gasteiger partial charge in [-0.3, -0.25) is 4.99 Å². The number of methoxy groups -OCH3 is 1. The minimum atomic E-state index is -0.487. The number of rotatable bonds is 7. The van der Waals surface area contributed by atoms with Crippen LogP contribution in [0.3, 0.4) is 0 Å². The molecular formula is C22H22F2N4O2. The molecule has 0 fully saturated rings. The minimum Gasteiger partial charge on any atom is -0.497 e. The summed E-state index contributed by atoms with van der Waals surface area (Å²) in [4.78, 5) is 8.37. The lowest BCUT2D eigenvalue weighted by molar-refractivity contribution is 0.412. The van der Waals surface area contributed by atoms with Gasteiger partial charge >= 0.3 is 0 Å². The Hall–Kier alpha value is -3.68. The molecule has 156 valence electrons. The van der Waals surface area contributed by atoms with E-state index >= 15 is 0 Å². The van der Waals surface area contributed by atoms with Crippen molar-refractivity contribution >= 4 is 5.96 Å². The van der Waals surface area contributed by atoms with E-state index in [0.717, 1.165) is 29.5 Å². The summed E-state index contributed by atoms with van der Waals surface area (Å²) in [6.45, 7) is 0.553. The van der Waals surface area contributed by atoms with Gasteiger partial charge in [0.15, 0.2) is 5.96 Å². The van der Waals surface area contributed by atoms with E-state index in [0.29, 0.717) is 24.1 Å². The first-order valence-electron chi connectivity index (χ1n) is 9.22. The maximum Gasteiger partial charge on any atom is 0.219 e. The number of hydrogen-bond acceptors (Lipinski definition) is 4. The van der Waals surface area contributed by atoms with Crippen LogP contribution in [-0.4, -0.2) is 25.1 Å². The van der Waals surface area contributed by atoms with Crippen LogP contribution in [0.15, 0.2) is 65.8 Å². The highest BCUT2D eigenvalue weighted by atomic mass is 19.1. The Labute approximate surface area is 173 Å². The smallest absolute Gasteiger partial charge is 0.219 e. The number of halogens is 2. The molecule has 2 aromatic carbocycles. The first-order valence-corrected chi connectivity index (χ1v) is 9.22. The van der Waals surface area contributed by atoms with Crippen molar-refractivity contribution in [1.29, 1.82) is 0 Å². The molecule has 0 aliphatic carbocycles. The van der Waals surface area contributed by atoms with Gasteiger partial charge in [-0.25, -0.2) is 13.8 Å². The average Bonchev–Trinajstić information content (AvgIpc) is 2.77. The Morgan fingerprint density at radius 2 is 1.70 bits per heavy atom. The maximum atomic E-state index is 13.7. The summed E-state index contributed by atoms with van der Waals surface area (Å²) in [5, 5.41) is 6.05. The molecule has 8 heteroatoms. The van der Waals surface area contributed by atoms with E-state index in [1.807, 2.05) is 18.2 Å². The van der Waals surface area contributed by atoms with Gasteiger partial charge in [-0.05, 0) is 48.0 Å². The fourth-order valence-electron chi connectivity index (χ4n) is 2.60. The molecule has 6 nitrogen and oxygen atoms in total. The van der Waals surface area contributed by atoms with Gasteiger partial charge in [-0.2, -0.15) is 0 Å². The van der Waals surface area contributed by atoms with Gasteiger partial charge < -0.3 is 20.1 Å². The quantitative estimate of drug-likeness (QED) is 0.453. The third-order valence-corrected chi connectivity index (χ3v) is 4.22. The van der Waals surface area contributed by atoms with Gasteiger partial charge in [-0.15, -0.1) is 0 Å². The van der Waals surface area contributed by atoms with Gasteiger partial charge in [0.05, 0.1) is 7.11 Å². The molecule has 0 saturated heterocycles. The van der Waals surface area contributed by atoms with Crippen LogP contribution in [0.4, 0.5) is 8.78 Å². The number of ether oxygens (including phenoxy) is 2. The molecule has 3 rings (SSSR count). The molecule has 0 radical (unpaired) electrons. The number of nitrogens with one attached hydrogen (secondary N) is 2. The zero-order valence-electron chi connectivity index (χ0n) is 16.7. The van der Waals surface area contributed by atoms with E-state index in [9.17, 15) is 8.78 Å². The molecule has 0 atom stereocenters. The predicted molar refractivity (Wildman–Crippen MR) is 111 cm³/mol. The zero-order valence-corrected chi connectivity index (χ0v) is 16.7. The van der Waals surface area contributed by atoms with E-state index in [2.05, 4.69) is 20.6 Å². The van der Waals surface area contributed by atoms with Crippen molar-refractivity contribution in [2.45, 2.75) is 13.1 Å². The highest BCUT2D eigenvalue weighted by Crippen LogP contribution is 2.22. The van der Waals surface area contributed by atoms with Crippen LogP contribution in [-0.2, 0) is 13.1 Å². The molecule has 0 aliphatic rings. The summed E-state index contributed by atoms with van der Waals surface area (Å²) >= 11 is 0. The highest BCUT2D eigenvalue weighted by Gasteiger charge is 2.06. The Bertz CT molecular complexity index is 993. The number of aliphatic imine (C=N–C) groups is 1. The van der Waals surface area contributed by atoms with Crippen molar-refractivity contribution in [2.24, 2.45) is 4.99 Å². The molecule has 1 heterocycles. The Morgan fingerprint density at radius 3 is 2.37 bits per heavy atom. The number of aromatic nitrogens is 1. The summed E-state index contributed by atoms with van der Waals surface area (Å²) in [6, 6.07) is 14.2. The zero-order chi connectivity index (χ0) is 21.3. The Morgan fingerprint density at radius 1 is 0.967 bits per heavy atom. The summed E-state index contributed by atoms with van der Waals surface area (Å²) in [5.41, 5.74) is 1.12. The van der Waals surface area contributed by atoms with Gasteiger partial charge in [0.2, 0.25) is 5.88 Å². The Kier molecular flexibility index (Phi) is 7.15. The van der Waals surface area contributed by atoms with Crippen molar-refractivity contribution < 1.29 is 18.3 Å². The molecule has 30 heavy (non-hydrogen) atoms. The average molecular weight is 412 g/mol. The lowest BCUT2D eigenvalue weighted by Crippen LogP contribution is -2.36. The predicted octanol–water partition coefficient (Wildman–Crippen LogP) is 4.03. The first-order chi connectivity index (χ1) is 14.6. The standard InChI is InChI=1S/C22H22F2N4O2/c1-25-22(28-14-16-11-17(23)4-9-20(16)24)27-13-15-3-10-21(26-12-15)30-19-7-5-18(29-2)6-8-19/h3-12H,13-14H2,1-2H3,(H2,25,27,28). The molecule has 0 spiro atoms. The summed E-state index contributed by atoms with van der Waals surface area (Å²) in [6.07, 6.45) is 1.69. The van der Waals surface area contributed by atoms with Crippen molar-refractivity contribution in [2.75, 3.05) is 14.2 Å². The number of guanidine groups is 1.